The third-order valence-corrected chi connectivity index (χ3v) is 1.95. The number of aromatic carboxylic acids is 1. The van der Waals surface area contributed by atoms with Gasteiger partial charge in [0.15, 0.2) is 0 Å². The van der Waals surface area contributed by atoms with Gasteiger partial charge in [0.1, 0.15) is 17.3 Å². The molecule has 0 fully saturated rings. The molecule has 1 rings (SSSR count). The molecule has 1 unspecified atom stereocenters. The summed E-state index contributed by atoms with van der Waals surface area (Å²) >= 11 is 0. The molecule has 16 heavy (non-hydrogen) atoms. The van der Waals surface area contributed by atoms with E-state index in [-0.39, 0.29) is 6.61 Å². The quantitative estimate of drug-likeness (QED) is 0.733. The van der Waals surface area contributed by atoms with Gasteiger partial charge >= 0.3 is 5.97 Å². The second-order valence-electron chi connectivity index (χ2n) is 3.35. The van der Waals surface area contributed by atoms with Crippen LogP contribution in [0.2, 0.25) is 0 Å². The lowest BCUT2D eigenvalue weighted by molar-refractivity contribution is 0.0696. The summed E-state index contributed by atoms with van der Waals surface area (Å²) in [6, 6.07) is 0.912. The third kappa shape index (κ3) is 2.66. The van der Waals surface area contributed by atoms with Crippen LogP contribution in [-0.4, -0.2) is 28.8 Å². The van der Waals surface area contributed by atoms with E-state index in [0.717, 1.165) is 12.1 Å². The number of rotatable bonds is 4. The molecule has 0 bridgehead atoms. The molecule has 0 spiro atoms. The van der Waals surface area contributed by atoms with Gasteiger partial charge in [0.05, 0.1) is 12.2 Å². The number of anilines is 1. The molecule has 0 aromatic heterocycles. The zero-order chi connectivity index (χ0) is 12.3. The predicted molar refractivity (Wildman–Crippen MR) is 53.5 cm³/mol. The molecule has 4 nitrogen and oxygen atoms in total. The Labute approximate surface area is 90.5 Å². The second-order valence-corrected chi connectivity index (χ2v) is 3.35. The summed E-state index contributed by atoms with van der Waals surface area (Å²) in [7, 11) is 0. The largest absolute Gasteiger partial charge is 0.478 e. The minimum Gasteiger partial charge on any atom is -0.478 e. The maximum absolute atomic E-state index is 13.3. The van der Waals surface area contributed by atoms with Crippen molar-refractivity contribution in [2.45, 2.75) is 13.0 Å². The Kier molecular flexibility index (Phi) is 3.78. The number of aliphatic hydroxyl groups is 1. The number of benzene rings is 1. The molecule has 1 aromatic rings. The summed E-state index contributed by atoms with van der Waals surface area (Å²) < 4.78 is 26.6. The average Bonchev–Trinajstić information content (AvgIpc) is 2.22. The van der Waals surface area contributed by atoms with Crippen LogP contribution in [0.25, 0.3) is 0 Å². The summed E-state index contributed by atoms with van der Waals surface area (Å²) in [5.41, 5.74) is -0.899. The van der Waals surface area contributed by atoms with E-state index < -0.39 is 34.9 Å². The Balaban J connectivity index is 3.07. The highest BCUT2D eigenvalue weighted by Gasteiger charge is 2.15. The summed E-state index contributed by atoms with van der Waals surface area (Å²) in [5, 5.41) is 19.7. The van der Waals surface area contributed by atoms with Crippen molar-refractivity contribution in [3.05, 3.63) is 29.3 Å². The van der Waals surface area contributed by atoms with E-state index in [1.807, 2.05) is 0 Å². The van der Waals surface area contributed by atoms with Crippen molar-refractivity contribution >= 4 is 11.7 Å². The van der Waals surface area contributed by atoms with Gasteiger partial charge in [0.2, 0.25) is 0 Å². The van der Waals surface area contributed by atoms with Crippen molar-refractivity contribution in [3.63, 3.8) is 0 Å². The first-order valence-electron chi connectivity index (χ1n) is 4.55. The van der Waals surface area contributed by atoms with Gasteiger partial charge in [-0.05, 0) is 19.1 Å². The molecule has 0 amide bonds. The van der Waals surface area contributed by atoms with Crippen molar-refractivity contribution in [1.82, 2.24) is 0 Å². The molecule has 6 heteroatoms. The normalized spacial score (nSPS) is 12.2. The van der Waals surface area contributed by atoms with Gasteiger partial charge in [-0.25, -0.2) is 13.6 Å². The number of aliphatic hydroxyl groups excluding tert-OH is 1. The number of halogens is 2. The molecular formula is C10H11F2NO3. The highest BCUT2D eigenvalue weighted by molar-refractivity contribution is 5.88. The zero-order valence-corrected chi connectivity index (χ0v) is 8.50. The van der Waals surface area contributed by atoms with Gasteiger partial charge < -0.3 is 15.5 Å². The lowest BCUT2D eigenvalue weighted by atomic mass is 10.1. The van der Waals surface area contributed by atoms with Crippen LogP contribution in [0.15, 0.2) is 12.1 Å². The van der Waals surface area contributed by atoms with Gasteiger partial charge in [-0.15, -0.1) is 0 Å². The molecule has 1 aromatic carbocycles. The standard InChI is InChI=1S/C10H11F2NO3/c1-5(4-14)13-9-7(11)2-6(10(15)16)3-8(9)12/h2-3,5,13-14H,4H2,1H3,(H,15,16). The fraction of sp³-hybridized carbons (Fsp3) is 0.300. The maximum atomic E-state index is 13.3. The smallest absolute Gasteiger partial charge is 0.335 e. The summed E-state index contributed by atoms with van der Waals surface area (Å²) in [5.74, 6) is -3.41. The minimum absolute atomic E-state index is 0.292. The molecule has 0 aliphatic rings. The Morgan fingerprint density at radius 3 is 2.31 bits per heavy atom. The highest BCUT2D eigenvalue weighted by Crippen LogP contribution is 2.21. The van der Waals surface area contributed by atoms with Gasteiger partial charge in [-0.2, -0.15) is 0 Å². The van der Waals surface area contributed by atoms with Crippen LogP contribution in [0.3, 0.4) is 0 Å². The van der Waals surface area contributed by atoms with E-state index >= 15 is 0 Å². The molecule has 0 aliphatic carbocycles. The molecule has 3 N–H and O–H groups in total. The molecular weight excluding hydrogens is 220 g/mol. The lowest BCUT2D eigenvalue weighted by Crippen LogP contribution is -2.21. The van der Waals surface area contributed by atoms with Crippen LogP contribution in [0.1, 0.15) is 17.3 Å². The number of carboxylic acid groups (broad SMARTS) is 1. The molecule has 88 valence electrons. The minimum atomic E-state index is -1.40. The van der Waals surface area contributed by atoms with Gasteiger partial charge in [0.25, 0.3) is 0 Å². The fourth-order valence-electron chi connectivity index (χ4n) is 1.13. The van der Waals surface area contributed by atoms with Gasteiger partial charge in [0, 0.05) is 6.04 Å². The van der Waals surface area contributed by atoms with Crippen molar-refractivity contribution in [2.24, 2.45) is 0 Å². The first-order valence-corrected chi connectivity index (χ1v) is 4.55. The second kappa shape index (κ2) is 4.89. The van der Waals surface area contributed by atoms with Crippen LogP contribution >= 0.6 is 0 Å². The summed E-state index contributed by atoms with van der Waals surface area (Å²) in [6.45, 7) is 1.24. The molecule has 0 radical (unpaired) electrons. The molecule has 0 aliphatic heterocycles. The zero-order valence-electron chi connectivity index (χ0n) is 8.50. The number of nitrogens with one attached hydrogen (secondary N) is 1. The molecule has 0 saturated carbocycles. The van der Waals surface area contributed by atoms with E-state index in [2.05, 4.69) is 5.32 Å². The van der Waals surface area contributed by atoms with Crippen molar-refractivity contribution in [2.75, 3.05) is 11.9 Å². The van der Waals surface area contributed by atoms with Crippen LogP contribution < -0.4 is 5.32 Å². The monoisotopic (exact) mass is 231 g/mol. The topological polar surface area (TPSA) is 69.6 Å². The van der Waals surface area contributed by atoms with Crippen LogP contribution in [0, 0.1) is 11.6 Å². The van der Waals surface area contributed by atoms with Crippen LogP contribution in [0.5, 0.6) is 0 Å². The SMILES string of the molecule is CC(CO)Nc1c(F)cc(C(=O)O)cc1F. The third-order valence-electron chi connectivity index (χ3n) is 1.95. The first-order chi connectivity index (χ1) is 7.45. The summed E-state index contributed by atoms with van der Waals surface area (Å²) in [4.78, 5) is 10.5. The lowest BCUT2D eigenvalue weighted by Gasteiger charge is -2.14. The van der Waals surface area contributed by atoms with E-state index in [4.69, 9.17) is 10.2 Å². The highest BCUT2D eigenvalue weighted by atomic mass is 19.1. The number of carboxylic acids is 1. The molecule has 1 atom stereocenters. The Morgan fingerprint density at radius 1 is 1.44 bits per heavy atom. The number of hydrogen-bond donors (Lipinski definition) is 3. The van der Waals surface area contributed by atoms with Gasteiger partial charge in [-0.3, -0.25) is 0 Å². The van der Waals surface area contributed by atoms with E-state index in [0.29, 0.717) is 0 Å². The van der Waals surface area contributed by atoms with E-state index in [9.17, 15) is 13.6 Å². The molecule has 0 heterocycles. The van der Waals surface area contributed by atoms with Crippen molar-refractivity contribution in [1.29, 1.82) is 0 Å². The van der Waals surface area contributed by atoms with Crippen molar-refractivity contribution in [3.8, 4) is 0 Å². The summed E-state index contributed by atoms with van der Waals surface area (Å²) in [6.07, 6.45) is 0. The maximum Gasteiger partial charge on any atom is 0.335 e. The Morgan fingerprint density at radius 2 is 1.94 bits per heavy atom. The van der Waals surface area contributed by atoms with Crippen LogP contribution in [0.4, 0.5) is 14.5 Å². The van der Waals surface area contributed by atoms with Gasteiger partial charge in [-0.1, -0.05) is 0 Å². The first kappa shape index (κ1) is 12.4. The number of hydrogen-bond acceptors (Lipinski definition) is 3. The fourth-order valence-corrected chi connectivity index (χ4v) is 1.13. The Bertz CT molecular complexity index is 386. The van der Waals surface area contributed by atoms with Crippen molar-refractivity contribution < 1.29 is 23.8 Å². The Hall–Kier alpha value is -1.69. The van der Waals surface area contributed by atoms with E-state index in [1.165, 1.54) is 6.92 Å². The van der Waals surface area contributed by atoms with Crippen LogP contribution in [-0.2, 0) is 0 Å². The average molecular weight is 231 g/mol. The number of carbonyl (C=O) groups is 1. The van der Waals surface area contributed by atoms with E-state index in [1.54, 1.807) is 0 Å². The molecule has 0 saturated heterocycles. The predicted octanol–water partition coefficient (Wildman–Crippen LogP) is 1.46.